The number of amides is 3. The summed E-state index contributed by atoms with van der Waals surface area (Å²) in [6.45, 7) is 0.517. The van der Waals surface area contributed by atoms with Gasteiger partial charge in [-0.05, 0) is 48.0 Å². The Kier molecular flexibility index (Phi) is 7.90. The number of nitrogens with one attached hydrogen (secondary N) is 2. The van der Waals surface area contributed by atoms with Gasteiger partial charge in [0.2, 0.25) is 11.8 Å². The zero-order chi connectivity index (χ0) is 24.8. The number of benzene rings is 3. The second-order valence-corrected chi connectivity index (χ2v) is 8.91. The van der Waals surface area contributed by atoms with Crippen molar-refractivity contribution in [1.82, 2.24) is 5.32 Å². The van der Waals surface area contributed by atoms with Gasteiger partial charge in [-0.2, -0.15) is 0 Å². The van der Waals surface area contributed by atoms with Crippen LogP contribution in [0.15, 0.2) is 72.8 Å². The molecule has 7 nitrogen and oxygen atoms in total. The van der Waals surface area contributed by atoms with Crippen LogP contribution in [-0.4, -0.2) is 30.9 Å². The first kappa shape index (κ1) is 24.6. The second-order valence-electron chi connectivity index (χ2n) is 8.06. The molecule has 0 aliphatic carbocycles. The summed E-state index contributed by atoms with van der Waals surface area (Å²) in [7, 11) is 0. The van der Waals surface area contributed by atoms with E-state index in [1.807, 2.05) is 30.3 Å². The van der Waals surface area contributed by atoms with E-state index in [2.05, 4.69) is 10.6 Å². The van der Waals surface area contributed by atoms with Gasteiger partial charge in [0.25, 0.3) is 5.91 Å². The summed E-state index contributed by atoms with van der Waals surface area (Å²) < 4.78 is 5.53. The van der Waals surface area contributed by atoms with Crippen molar-refractivity contribution in [3.05, 3.63) is 88.4 Å². The maximum atomic E-state index is 12.6. The Morgan fingerprint density at radius 3 is 2.46 bits per heavy atom. The summed E-state index contributed by atoms with van der Waals surface area (Å²) >= 11 is 11.9. The first-order chi connectivity index (χ1) is 16.9. The van der Waals surface area contributed by atoms with E-state index in [0.29, 0.717) is 40.3 Å². The molecule has 35 heavy (non-hydrogen) atoms. The van der Waals surface area contributed by atoms with Crippen LogP contribution in [0.5, 0.6) is 5.75 Å². The monoisotopic (exact) mass is 511 g/mol. The number of hydrogen-bond donors (Lipinski definition) is 2. The van der Waals surface area contributed by atoms with Crippen molar-refractivity contribution < 1.29 is 19.1 Å². The van der Waals surface area contributed by atoms with Crippen LogP contribution < -0.4 is 20.3 Å². The number of rotatable bonds is 8. The average Bonchev–Trinajstić information content (AvgIpc) is 3.25. The van der Waals surface area contributed by atoms with Gasteiger partial charge >= 0.3 is 0 Å². The highest BCUT2D eigenvalue weighted by Gasteiger charge is 2.35. The molecule has 0 saturated carbocycles. The van der Waals surface area contributed by atoms with Crippen LogP contribution in [0.1, 0.15) is 12.0 Å². The van der Waals surface area contributed by atoms with Gasteiger partial charge in [0.1, 0.15) is 5.75 Å². The summed E-state index contributed by atoms with van der Waals surface area (Å²) in [5.41, 5.74) is 2.11. The molecule has 0 spiro atoms. The third-order valence-electron chi connectivity index (χ3n) is 5.53. The third kappa shape index (κ3) is 6.53. The van der Waals surface area contributed by atoms with Gasteiger partial charge in [-0.25, -0.2) is 0 Å². The van der Waals surface area contributed by atoms with E-state index in [1.54, 1.807) is 41.3 Å². The summed E-state index contributed by atoms with van der Waals surface area (Å²) in [5, 5.41) is 6.37. The van der Waals surface area contributed by atoms with Crippen LogP contribution in [-0.2, 0) is 20.9 Å². The molecule has 1 aliphatic heterocycles. The minimum atomic E-state index is -0.412. The molecule has 1 atom stereocenters. The fraction of sp³-hybridized carbons (Fsp3) is 0.192. The molecule has 3 aromatic carbocycles. The van der Waals surface area contributed by atoms with Crippen LogP contribution in [0.3, 0.4) is 0 Å². The lowest BCUT2D eigenvalue weighted by Crippen LogP contribution is -2.32. The zero-order valence-corrected chi connectivity index (χ0v) is 20.2. The van der Waals surface area contributed by atoms with Crippen molar-refractivity contribution in [3.63, 3.8) is 0 Å². The molecule has 3 aromatic rings. The molecule has 1 fully saturated rings. The first-order valence-corrected chi connectivity index (χ1v) is 11.7. The van der Waals surface area contributed by atoms with Crippen LogP contribution in [0.25, 0.3) is 0 Å². The zero-order valence-electron chi connectivity index (χ0n) is 18.7. The van der Waals surface area contributed by atoms with E-state index < -0.39 is 5.92 Å². The number of anilines is 2. The van der Waals surface area contributed by atoms with E-state index >= 15 is 0 Å². The van der Waals surface area contributed by atoms with Crippen molar-refractivity contribution >= 4 is 52.3 Å². The standard InChI is InChI=1S/C26H23Cl2N3O4/c27-19-6-11-23(22(28)13-19)30-24(32)16-35-21-9-7-20(8-10-21)31-15-18(12-25(31)33)26(34)29-14-17-4-2-1-3-5-17/h1-11,13,18H,12,14-16H2,(H,29,34)(H,30,32)/t18-/m1/s1. The van der Waals surface area contributed by atoms with Crippen LogP contribution in [0.2, 0.25) is 10.0 Å². The molecule has 1 aliphatic rings. The molecular formula is C26H23Cl2N3O4. The molecule has 3 amide bonds. The van der Waals surface area contributed by atoms with Gasteiger partial charge in [0.05, 0.1) is 16.6 Å². The fourth-order valence-corrected chi connectivity index (χ4v) is 4.17. The van der Waals surface area contributed by atoms with Crippen LogP contribution in [0, 0.1) is 5.92 Å². The van der Waals surface area contributed by atoms with Gasteiger partial charge in [0.15, 0.2) is 6.61 Å². The van der Waals surface area contributed by atoms with Crippen molar-refractivity contribution in [3.8, 4) is 5.75 Å². The minimum Gasteiger partial charge on any atom is -0.484 e. The Labute approximate surface area is 213 Å². The van der Waals surface area contributed by atoms with E-state index in [0.717, 1.165) is 5.56 Å². The van der Waals surface area contributed by atoms with Gasteiger partial charge in [-0.15, -0.1) is 0 Å². The van der Waals surface area contributed by atoms with Crippen LogP contribution in [0.4, 0.5) is 11.4 Å². The Morgan fingerprint density at radius 1 is 1.00 bits per heavy atom. The van der Waals surface area contributed by atoms with E-state index in [1.165, 1.54) is 6.07 Å². The number of carbonyl (C=O) groups is 3. The molecule has 0 radical (unpaired) electrons. The highest BCUT2D eigenvalue weighted by atomic mass is 35.5. The molecule has 0 aromatic heterocycles. The Bertz CT molecular complexity index is 1220. The van der Waals surface area contributed by atoms with E-state index in [-0.39, 0.29) is 30.7 Å². The van der Waals surface area contributed by atoms with E-state index in [9.17, 15) is 14.4 Å². The lowest BCUT2D eigenvalue weighted by atomic mass is 10.1. The number of halogens is 2. The lowest BCUT2D eigenvalue weighted by Gasteiger charge is -2.17. The Morgan fingerprint density at radius 2 is 1.74 bits per heavy atom. The van der Waals surface area contributed by atoms with Gasteiger partial charge in [-0.3, -0.25) is 14.4 Å². The fourth-order valence-electron chi connectivity index (χ4n) is 3.71. The van der Waals surface area contributed by atoms with Crippen molar-refractivity contribution in [2.75, 3.05) is 23.4 Å². The number of ether oxygens (including phenoxy) is 1. The van der Waals surface area contributed by atoms with Gasteiger partial charge in [-0.1, -0.05) is 53.5 Å². The number of hydrogen-bond acceptors (Lipinski definition) is 4. The predicted molar refractivity (Wildman–Crippen MR) is 136 cm³/mol. The SMILES string of the molecule is O=C(COc1ccc(N2C[C@H](C(=O)NCc3ccccc3)CC2=O)cc1)Nc1ccc(Cl)cc1Cl. The first-order valence-electron chi connectivity index (χ1n) is 11.0. The summed E-state index contributed by atoms with van der Waals surface area (Å²) in [6, 6.07) is 21.2. The molecule has 0 unspecified atom stereocenters. The Balaban J connectivity index is 1.27. The normalized spacial score (nSPS) is 15.1. The summed E-state index contributed by atoms with van der Waals surface area (Å²) in [6.07, 6.45) is 0.159. The van der Waals surface area contributed by atoms with Gasteiger partial charge in [0, 0.05) is 30.2 Å². The summed E-state index contributed by atoms with van der Waals surface area (Å²) in [5.74, 6) is -0.577. The maximum Gasteiger partial charge on any atom is 0.262 e. The van der Waals surface area contributed by atoms with Crippen molar-refractivity contribution in [1.29, 1.82) is 0 Å². The van der Waals surface area contributed by atoms with Crippen LogP contribution >= 0.6 is 23.2 Å². The summed E-state index contributed by atoms with van der Waals surface area (Å²) in [4.78, 5) is 38.8. The molecule has 9 heteroatoms. The Hall–Kier alpha value is -3.55. The molecule has 1 heterocycles. The molecule has 4 rings (SSSR count). The van der Waals surface area contributed by atoms with Gasteiger partial charge < -0.3 is 20.3 Å². The minimum absolute atomic E-state index is 0.113. The highest BCUT2D eigenvalue weighted by Crippen LogP contribution is 2.28. The molecule has 180 valence electrons. The maximum absolute atomic E-state index is 12.6. The highest BCUT2D eigenvalue weighted by molar-refractivity contribution is 6.36. The van der Waals surface area contributed by atoms with Crippen molar-refractivity contribution in [2.24, 2.45) is 5.92 Å². The number of nitrogens with zero attached hydrogens (tertiary/aromatic N) is 1. The average molecular weight is 512 g/mol. The topological polar surface area (TPSA) is 87.7 Å². The van der Waals surface area contributed by atoms with Crippen molar-refractivity contribution in [2.45, 2.75) is 13.0 Å². The second kappa shape index (κ2) is 11.3. The quantitative estimate of drug-likeness (QED) is 0.459. The largest absolute Gasteiger partial charge is 0.484 e. The number of carbonyl (C=O) groups excluding carboxylic acids is 3. The molecule has 0 bridgehead atoms. The van der Waals surface area contributed by atoms with E-state index in [4.69, 9.17) is 27.9 Å². The predicted octanol–water partition coefficient (Wildman–Crippen LogP) is 4.68. The smallest absolute Gasteiger partial charge is 0.262 e. The lowest BCUT2D eigenvalue weighted by molar-refractivity contribution is -0.126. The molecule has 2 N–H and O–H groups in total. The third-order valence-corrected chi connectivity index (χ3v) is 6.08. The molecular weight excluding hydrogens is 489 g/mol. The molecule has 1 saturated heterocycles.